The lowest BCUT2D eigenvalue weighted by atomic mass is 10.1. The highest BCUT2D eigenvalue weighted by molar-refractivity contribution is 5.76. The van der Waals surface area contributed by atoms with Crippen molar-refractivity contribution in [3.8, 4) is 0 Å². The van der Waals surface area contributed by atoms with Gasteiger partial charge in [0.2, 0.25) is 5.91 Å². The van der Waals surface area contributed by atoms with Crippen LogP contribution in [0.5, 0.6) is 0 Å². The number of hydrogen-bond acceptors (Lipinski definition) is 4. The molecule has 0 aromatic rings. The van der Waals surface area contributed by atoms with Gasteiger partial charge < -0.3 is 19.7 Å². The minimum absolute atomic E-state index is 0.0133. The average Bonchev–Trinajstić information content (AvgIpc) is 2.69. The summed E-state index contributed by atoms with van der Waals surface area (Å²) in [6.07, 6.45) is 0.774. The van der Waals surface area contributed by atoms with Gasteiger partial charge in [-0.1, -0.05) is 0 Å². The molecule has 0 radical (unpaired) electrons. The Labute approximate surface area is 133 Å². The van der Waals surface area contributed by atoms with Gasteiger partial charge in [-0.25, -0.2) is 4.79 Å². The van der Waals surface area contributed by atoms with E-state index in [-0.39, 0.29) is 18.0 Å². The van der Waals surface area contributed by atoms with Crippen molar-refractivity contribution < 1.29 is 19.1 Å². The van der Waals surface area contributed by atoms with Crippen molar-refractivity contribution in [2.75, 3.05) is 19.7 Å². The summed E-state index contributed by atoms with van der Waals surface area (Å²) < 4.78 is 11.2. The van der Waals surface area contributed by atoms with Crippen LogP contribution < -0.4 is 5.32 Å². The van der Waals surface area contributed by atoms with Crippen LogP contribution in [0.4, 0.5) is 4.79 Å². The molecular weight excluding hydrogens is 284 g/mol. The smallest absolute Gasteiger partial charge is 0.410 e. The average molecular weight is 314 g/mol. The molecule has 128 valence electrons. The van der Waals surface area contributed by atoms with Crippen LogP contribution >= 0.6 is 0 Å². The maximum Gasteiger partial charge on any atom is 0.410 e. The minimum atomic E-state index is -0.494. The summed E-state index contributed by atoms with van der Waals surface area (Å²) in [5.41, 5.74) is -0.902. The number of nitrogens with one attached hydrogen (secondary N) is 1. The first-order chi connectivity index (χ1) is 10.0. The van der Waals surface area contributed by atoms with Gasteiger partial charge in [0.25, 0.3) is 0 Å². The molecule has 2 amide bonds. The maximum absolute atomic E-state index is 12.0. The molecule has 1 atom stereocenters. The van der Waals surface area contributed by atoms with E-state index in [2.05, 4.69) is 5.32 Å². The molecule has 1 aliphatic rings. The van der Waals surface area contributed by atoms with Crippen molar-refractivity contribution in [3.05, 3.63) is 0 Å². The SMILES string of the molecule is CC(C)NC(=O)CCOC1(C)CCN(C(=O)OC(C)(C)C)C1. The summed E-state index contributed by atoms with van der Waals surface area (Å²) in [5.74, 6) is -0.0133. The molecule has 0 spiro atoms. The number of rotatable bonds is 5. The zero-order valence-electron chi connectivity index (χ0n) is 14.7. The summed E-state index contributed by atoms with van der Waals surface area (Å²) in [6.45, 7) is 12.8. The van der Waals surface area contributed by atoms with Crippen molar-refractivity contribution in [2.24, 2.45) is 0 Å². The number of amides is 2. The zero-order chi connectivity index (χ0) is 17.0. The van der Waals surface area contributed by atoms with E-state index in [4.69, 9.17) is 9.47 Å². The molecule has 1 saturated heterocycles. The van der Waals surface area contributed by atoms with Gasteiger partial charge in [-0.15, -0.1) is 0 Å². The van der Waals surface area contributed by atoms with Gasteiger partial charge in [-0.3, -0.25) is 4.79 Å². The maximum atomic E-state index is 12.0. The molecule has 0 aromatic heterocycles. The van der Waals surface area contributed by atoms with Gasteiger partial charge in [0.05, 0.1) is 18.8 Å². The first kappa shape index (κ1) is 18.7. The second kappa shape index (κ2) is 7.31. The van der Waals surface area contributed by atoms with Crippen LogP contribution in [0, 0.1) is 0 Å². The molecular formula is C16H30N2O4. The third kappa shape index (κ3) is 6.64. The van der Waals surface area contributed by atoms with Gasteiger partial charge in [-0.2, -0.15) is 0 Å². The predicted molar refractivity (Wildman–Crippen MR) is 84.7 cm³/mol. The van der Waals surface area contributed by atoms with E-state index < -0.39 is 11.2 Å². The van der Waals surface area contributed by atoms with E-state index in [9.17, 15) is 9.59 Å². The Kier molecular flexibility index (Phi) is 6.23. The van der Waals surface area contributed by atoms with E-state index in [0.29, 0.717) is 26.1 Å². The molecule has 1 fully saturated rings. The normalized spacial score (nSPS) is 22.0. The Balaban J connectivity index is 2.37. The van der Waals surface area contributed by atoms with Gasteiger partial charge in [0.1, 0.15) is 5.60 Å². The Morgan fingerprint density at radius 1 is 1.32 bits per heavy atom. The first-order valence-corrected chi connectivity index (χ1v) is 7.92. The molecule has 6 heteroatoms. The second-order valence-electron chi connectivity index (χ2n) is 7.42. The zero-order valence-corrected chi connectivity index (χ0v) is 14.7. The van der Waals surface area contributed by atoms with Crippen molar-refractivity contribution in [1.82, 2.24) is 10.2 Å². The van der Waals surface area contributed by atoms with Crippen LogP contribution in [-0.2, 0) is 14.3 Å². The fourth-order valence-electron chi connectivity index (χ4n) is 2.32. The number of nitrogens with zero attached hydrogens (tertiary/aromatic N) is 1. The van der Waals surface area contributed by atoms with Crippen molar-refractivity contribution in [3.63, 3.8) is 0 Å². The Bertz CT molecular complexity index is 403. The fourth-order valence-corrected chi connectivity index (χ4v) is 2.32. The number of ether oxygens (including phenoxy) is 2. The van der Waals surface area contributed by atoms with Crippen LogP contribution in [0.1, 0.15) is 54.4 Å². The van der Waals surface area contributed by atoms with Crippen LogP contribution in [0.2, 0.25) is 0 Å². The van der Waals surface area contributed by atoms with Crippen LogP contribution in [0.3, 0.4) is 0 Å². The predicted octanol–water partition coefficient (Wildman–Crippen LogP) is 2.32. The number of likely N-dealkylation sites (tertiary alicyclic amines) is 1. The van der Waals surface area contributed by atoms with E-state index in [1.165, 1.54) is 0 Å². The van der Waals surface area contributed by atoms with Gasteiger partial charge >= 0.3 is 6.09 Å². The van der Waals surface area contributed by atoms with Crippen molar-refractivity contribution in [2.45, 2.75) is 71.6 Å². The summed E-state index contributed by atoms with van der Waals surface area (Å²) in [4.78, 5) is 25.3. The number of carbonyl (C=O) groups excluding carboxylic acids is 2. The molecule has 0 bridgehead atoms. The Hall–Kier alpha value is -1.30. The van der Waals surface area contributed by atoms with Gasteiger partial charge in [-0.05, 0) is 48.0 Å². The Morgan fingerprint density at radius 3 is 2.50 bits per heavy atom. The third-order valence-corrected chi connectivity index (χ3v) is 3.32. The quantitative estimate of drug-likeness (QED) is 0.845. The first-order valence-electron chi connectivity index (χ1n) is 7.92. The molecule has 6 nitrogen and oxygen atoms in total. The summed E-state index contributed by atoms with van der Waals surface area (Å²) >= 11 is 0. The molecule has 22 heavy (non-hydrogen) atoms. The number of hydrogen-bond donors (Lipinski definition) is 1. The highest BCUT2D eigenvalue weighted by Crippen LogP contribution is 2.26. The lowest BCUT2D eigenvalue weighted by Gasteiger charge is -2.27. The van der Waals surface area contributed by atoms with E-state index in [1.54, 1.807) is 4.90 Å². The fraction of sp³-hybridized carbons (Fsp3) is 0.875. The molecule has 1 rings (SSSR count). The molecule has 0 aliphatic carbocycles. The monoisotopic (exact) mass is 314 g/mol. The topological polar surface area (TPSA) is 67.9 Å². The lowest BCUT2D eigenvalue weighted by Crippen LogP contribution is -2.39. The van der Waals surface area contributed by atoms with Crippen molar-refractivity contribution in [1.29, 1.82) is 0 Å². The second-order valence-corrected chi connectivity index (χ2v) is 7.42. The highest BCUT2D eigenvalue weighted by Gasteiger charge is 2.38. The largest absolute Gasteiger partial charge is 0.444 e. The van der Waals surface area contributed by atoms with Crippen LogP contribution in [0.15, 0.2) is 0 Å². The minimum Gasteiger partial charge on any atom is -0.444 e. The molecule has 0 saturated carbocycles. The lowest BCUT2D eigenvalue weighted by molar-refractivity contribution is -0.124. The van der Waals surface area contributed by atoms with E-state index >= 15 is 0 Å². The molecule has 1 unspecified atom stereocenters. The summed E-state index contributed by atoms with van der Waals surface area (Å²) in [6, 6.07) is 0.136. The third-order valence-electron chi connectivity index (χ3n) is 3.32. The summed E-state index contributed by atoms with van der Waals surface area (Å²) in [7, 11) is 0. The van der Waals surface area contributed by atoms with Crippen LogP contribution in [0.25, 0.3) is 0 Å². The molecule has 1 aliphatic heterocycles. The number of carbonyl (C=O) groups is 2. The molecule has 1 heterocycles. The molecule has 0 aromatic carbocycles. The van der Waals surface area contributed by atoms with Crippen molar-refractivity contribution >= 4 is 12.0 Å². The van der Waals surface area contributed by atoms with Gasteiger partial charge in [0.15, 0.2) is 0 Å². The van der Waals surface area contributed by atoms with Crippen LogP contribution in [-0.4, -0.2) is 53.8 Å². The Morgan fingerprint density at radius 2 is 1.95 bits per heavy atom. The highest BCUT2D eigenvalue weighted by atomic mass is 16.6. The van der Waals surface area contributed by atoms with Gasteiger partial charge in [0, 0.05) is 19.0 Å². The van der Waals surface area contributed by atoms with E-state index in [0.717, 1.165) is 6.42 Å². The standard InChI is InChI=1S/C16H30N2O4/c1-12(2)17-13(19)7-10-21-16(6)8-9-18(11-16)14(20)22-15(3,4)5/h12H,7-11H2,1-6H3,(H,17,19). The summed E-state index contributed by atoms with van der Waals surface area (Å²) in [5, 5.41) is 2.83. The molecule has 1 N–H and O–H groups in total. The van der Waals surface area contributed by atoms with E-state index in [1.807, 2.05) is 41.5 Å².